The number of carbonyl (C=O) groups is 2. The fraction of sp³-hybridized carbons (Fsp3) is 0.529. The van der Waals surface area contributed by atoms with Crippen LogP contribution in [0.1, 0.15) is 43.6 Å². The molecule has 0 aromatic heterocycles. The van der Waals surface area contributed by atoms with E-state index in [9.17, 15) is 9.59 Å². The molecule has 0 aliphatic carbocycles. The molecule has 0 amide bonds. The quantitative estimate of drug-likeness (QED) is 0.800. The van der Waals surface area contributed by atoms with Crippen LogP contribution in [0, 0.1) is 6.92 Å². The molecule has 0 bridgehead atoms. The van der Waals surface area contributed by atoms with Gasteiger partial charge in [-0.15, -0.1) is 0 Å². The summed E-state index contributed by atoms with van der Waals surface area (Å²) in [6, 6.07) is 5.37. The van der Waals surface area contributed by atoms with E-state index in [1.54, 1.807) is 13.0 Å². The molecule has 1 aromatic carbocycles. The van der Waals surface area contributed by atoms with Crippen molar-refractivity contribution in [2.45, 2.75) is 52.4 Å². The van der Waals surface area contributed by atoms with Gasteiger partial charge in [-0.1, -0.05) is 12.1 Å². The largest absolute Gasteiger partial charge is 0.478 e. The van der Waals surface area contributed by atoms with Gasteiger partial charge in [-0.05, 0) is 46.2 Å². The fourth-order valence-electron chi connectivity index (χ4n) is 2.43. The zero-order valence-corrected chi connectivity index (χ0v) is 13.6. The van der Waals surface area contributed by atoms with Crippen LogP contribution in [0.5, 0.6) is 5.75 Å². The first-order valence-corrected chi connectivity index (χ1v) is 7.39. The van der Waals surface area contributed by atoms with E-state index in [2.05, 4.69) is 0 Å². The Labute approximate surface area is 130 Å². The van der Waals surface area contributed by atoms with Gasteiger partial charge < -0.3 is 14.2 Å². The van der Waals surface area contributed by atoms with Gasteiger partial charge in [-0.2, -0.15) is 0 Å². The first-order chi connectivity index (χ1) is 10.2. The summed E-state index contributed by atoms with van der Waals surface area (Å²) in [6.45, 7) is 9.22. The molecule has 2 rings (SSSR count). The molecule has 1 heterocycles. The maximum atomic E-state index is 12.6. The third-order valence-corrected chi connectivity index (χ3v) is 3.27. The SMILES string of the molecule is CCOC(=O)C(OC(C)(C)C)C1Oc2cccc(C)c2C1=O. The van der Waals surface area contributed by atoms with E-state index in [0.29, 0.717) is 11.3 Å². The monoisotopic (exact) mass is 306 g/mol. The van der Waals surface area contributed by atoms with Gasteiger partial charge in [0.1, 0.15) is 5.75 Å². The molecule has 1 aliphatic rings. The molecule has 22 heavy (non-hydrogen) atoms. The van der Waals surface area contributed by atoms with Gasteiger partial charge in [0, 0.05) is 0 Å². The number of Topliss-reactive ketones (excluding diaryl/α,β-unsaturated/α-hetero) is 1. The van der Waals surface area contributed by atoms with Crippen molar-refractivity contribution in [1.82, 2.24) is 0 Å². The second-order valence-corrected chi connectivity index (χ2v) is 6.25. The summed E-state index contributed by atoms with van der Waals surface area (Å²) in [4.78, 5) is 24.9. The van der Waals surface area contributed by atoms with Crippen LogP contribution in [0.25, 0.3) is 0 Å². The van der Waals surface area contributed by atoms with Crippen molar-refractivity contribution in [3.05, 3.63) is 29.3 Å². The molecule has 0 saturated heterocycles. The number of hydrogen-bond donors (Lipinski definition) is 0. The average molecular weight is 306 g/mol. The standard InChI is InChI=1S/C17H22O5/c1-6-20-16(19)15(22-17(3,4)5)14-13(18)12-10(2)8-7-9-11(12)21-14/h7-9,14-15H,6H2,1-5H3. The van der Waals surface area contributed by atoms with Crippen LogP contribution >= 0.6 is 0 Å². The predicted molar refractivity (Wildman–Crippen MR) is 81.2 cm³/mol. The number of fused-ring (bicyclic) bond motifs is 1. The molecule has 2 atom stereocenters. The molecule has 0 spiro atoms. The molecular weight excluding hydrogens is 284 g/mol. The highest BCUT2D eigenvalue weighted by atomic mass is 16.6. The molecule has 0 N–H and O–H groups in total. The Hall–Kier alpha value is -1.88. The van der Waals surface area contributed by atoms with Gasteiger partial charge in [0.25, 0.3) is 0 Å². The number of rotatable bonds is 4. The Kier molecular flexibility index (Phi) is 4.56. The molecule has 1 aromatic rings. The van der Waals surface area contributed by atoms with Gasteiger partial charge in [0.15, 0.2) is 12.2 Å². The van der Waals surface area contributed by atoms with Crippen molar-refractivity contribution >= 4 is 11.8 Å². The van der Waals surface area contributed by atoms with Crippen LogP contribution in [0.2, 0.25) is 0 Å². The number of aryl methyl sites for hydroxylation is 1. The molecule has 0 fully saturated rings. The molecule has 1 aliphatic heterocycles. The molecular formula is C17H22O5. The lowest BCUT2D eigenvalue weighted by atomic mass is 10.00. The zero-order chi connectivity index (χ0) is 16.5. The third-order valence-electron chi connectivity index (χ3n) is 3.27. The number of hydrogen-bond acceptors (Lipinski definition) is 5. The average Bonchev–Trinajstić information content (AvgIpc) is 2.74. The van der Waals surface area contributed by atoms with Crippen molar-refractivity contribution in [2.24, 2.45) is 0 Å². The minimum absolute atomic E-state index is 0.218. The lowest BCUT2D eigenvalue weighted by Gasteiger charge is -2.28. The smallest absolute Gasteiger partial charge is 0.339 e. The summed E-state index contributed by atoms with van der Waals surface area (Å²) in [6.07, 6.45) is -2.09. The lowest BCUT2D eigenvalue weighted by molar-refractivity contribution is -0.172. The summed E-state index contributed by atoms with van der Waals surface area (Å²) in [5, 5.41) is 0. The van der Waals surface area contributed by atoms with Crippen LogP contribution in [0.15, 0.2) is 18.2 Å². The summed E-state index contributed by atoms with van der Waals surface area (Å²) in [7, 11) is 0. The van der Waals surface area contributed by atoms with E-state index in [1.807, 2.05) is 39.8 Å². The zero-order valence-electron chi connectivity index (χ0n) is 13.6. The summed E-state index contributed by atoms with van der Waals surface area (Å²) >= 11 is 0. The second-order valence-electron chi connectivity index (χ2n) is 6.25. The normalized spacial score (nSPS) is 18.6. The van der Waals surface area contributed by atoms with Gasteiger partial charge in [-0.25, -0.2) is 4.79 Å². The van der Waals surface area contributed by atoms with E-state index in [4.69, 9.17) is 14.2 Å². The molecule has 5 heteroatoms. The van der Waals surface area contributed by atoms with Crippen LogP contribution in [-0.4, -0.2) is 36.2 Å². The van der Waals surface area contributed by atoms with Gasteiger partial charge in [-0.3, -0.25) is 4.79 Å². The highest BCUT2D eigenvalue weighted by Gasteiger charge is 2.45. The van der Waals surface area contributed by atoms with Gasteiger partial charge >= 0.3 is 5.97 Å². The van der Waals surface area contributed by atoms with Crippen molar-refractivity contribution in [1.29, 1.82) is 0 Å². The molecule has 2 unspecified atom stereocenters. The first kappa shape index (κ1) is 16.5. The Morgan fingerprint density at radius 3 is 2.59 bits per heavy atom. The number of carbonyl (C=O) groups excluding carboxylic acids is 2. The van der Waals surface area contributed by atoms with Crippen LogP contribution in [-0.2, 0) is 14.3 Å². The van der Waals surface area contributed by atoms with Crippen LogP contribution < -0.4 is 4.74 Å². The number of esters is 1. The summed E-state index contributed by atoms with van der Waals surface area (Å²) in [5.41, 5.74) is 0.730. The third kappa shape index (κ3) is 3.30. The molecule has 5 nitrogen and oxygen atoms in total. The van der Waals surface area contributed by atoms with Gasteiger partial charge in [0.05, 0.1) is 17.8 Å². The Morgan fingerprint density at radius 2 is 2.05 bits per heavy atom. The van der Waals surface area contributed by atoms with Crippen molar-refractivity contribution in [3.63, 3.8) is 0 Å². The van der Waals surface area contributed by atoms with E-state index < -0.39 is 23.8 Å². The topological polar surface area (TPSA) is 61.8 Å². The van der Waals surface area contributed by atoms with Crippen molar-refractivity contribution in [3.8, 4) is 5.75 Å². The number of ether oxygens (including phenoxy) is 3. The Bertz CT molecular complexity index is 585. The van der Waals surface area contributed by atoms with E-state index >= 15 is 0 Å². The maximum absolute atomic E-state index is 12.6. The number of ketones is 1. The summed E-state index contributed by atoms with van der Waals surface area (Å²) < 4.78 is 16.5. The van der Waals surface area contributed by atoms with Gasteiger partial charge in [0.2, 0.25) is 5.78 Å². The van der Waals surface area contributed by atoms with E-state index in [-0.39, 0.29) is 12.4 Å². The molecule has 0 radical (unpaired) electrons. The molecule has 0 saturated carbocycles. The minimum Gasteiger partial charge on any atom is -0.478 e. The fourth-order valence-corrected chi connectivity index (χ4v) is 2.43. The lowest BCUT2D eigenvalue weighted by Crippen LogP contribution is -2.47. The van der Waals surface area contributed by atoms with Crippen molar-refractivity contribution in [2.75, 3.05) is 6.61 Å². The first-order valence-electron chi connectivity index (χ1n) is 7.39. The Balaban J connectivity index is 2.32. The second kappa shape index (κ2) is 6.08. The highest BCUT2D eigenvalue weighted by Crippen LogP contribution is 2.34. The molecule has 120 valence electrons. The predicted octanol–water partition coefficient (Wildman–Crippen LogP) is 2.69. The van der Waals surface area contributed by atoms with E-state index in [0.717, 1.165) is 5.56 Å². The van der Waals surface area contributed by atoms with E-state index in [1.165, 1.54) is 0 Å². The van der Waals surface area contributed by atoms with Crippen molar-refractivity contribution < 1.29 is 23.8 Å². The van der Waals surface area contributed by atoms with Crippen LogP contribution in [0.4, 0.5) is 0 Å². The number of benzene rings is 1. The highest BCUT2D eigenvalue weighted by molar-refractivity contribution is 6.08. The van der Waals surface area contributed by atoms with Crippen LogP contribution in [0.3, 0.4) is 0 Å². The maximum Gasteiger partial charge on any atom is 0.339 e. The minimum atomic E-state index is -1.08. The summed E-state index contributed by atoms with van der Waals surface area (Å²) in [5.74, 6) is -0.335. The Morgan fingerprint density at radius 1 is 1.36 bits per heavy atom.